The van der Waals surface area contributed by atoms with Crippen molar-refractivity contribution in [1.29, 1.82) is 0 Å². The number of hydrogen-bond donors (Lipinski definition) is 1. The Bertz CT molecular complexity index is 794. The van der Waals surface area contributed by atoms with Gasteiger partial charge in [0.25, 0.3) is 0 Å². The molecule has 0 saturated carbocycles. The lowest BCUT2D eigenvalue weighted by Crippen LogP contribution is -2.48. The molecule has 0 aliphatic carbocycles. The van der Waals surface area contributed by atoms with Crippen LogP contribution in [0.3, 0.4) is 0 Å². The molecular formula is C21H23N3O2. The van der Waals surface area contributed by atoms with Crippen LogP contribution < -0.4 is 10.2 Å². The van der Waals surface area contributed by atoms with E-state index in [1.165, 1.54) is 0 Å². The third-order valence-corrected chi connectivity index (χ3v) is 4.45. The molecule has 1 heterocycles. The molecule has 0 spiro atoms. The highest BCUT2D eigenvalue weighted by molar-refractivity contribution is 6.03. The van der Waals surface area contributed by atoms with Gasteiger partial charge in [0.15, 0.2) is 0 Å². The summed E-state index contributed by atoms with van der Waals surface area (Å²) in [4.78, 5) is 27.8. The number of nitrogens with one attached hydrogen (secondary N) is 1. The van der Waals surface area contributed by atoms with E-state index in [1.807, 2.05) is 59.5 Å². The van der Waals surface area contributed by atoms with E-state index in [0.29, 0.717) is 13.1 Å². The van der Waals surface area contributed by atoms with Gasteiger partial charge in [-0.25, -0.2) is 0 Å². The van der Waals surface area contributed by atoms with Crippen LogP contribution in [0.1, 0.15) is 12.5 Å². The fourth-order valence-corrected chi connectivity index (χ4v) is 3.03. The normalized spacial score (nSPS) is 14.5. The first-order valence-corrected chi connectivity index (χ1v) is 8.77. The lowest BCUT2D eigenvalue weighted by molar-refractivity contribution is -0.129. The predicted molar refractivity (Wildman–Crippen MR) is 105 cm³/mol. The smallest absolute Gasteiger partial charge is 0.248 e. The molecule has 3 rings (SSSR count). The molecule has 0 bridgehead atoms. The molecule has 2 aromatic rings. The van der Waals surface area contributed by atoms with Crippen LogP contribution in [0.15, 0.2) is 60.7 Å². The van der Waals surface area contributed by atoms with Crippen LogP contribution in [0, 0.1) is 0 Å². The molecule has 1 saturated heterocycles. The molecule has 26 heavy (non-hydrogen) atoms. The number of amides is 2. The minimum Gasteiger partial charge on any atom is -0.366 e. The summed E-state index contributed by atoms with van der Waals surface area (Å²) < 4.78 is 0. The standard InChI is InChI=1S/C21H23N3O2/c1-17(25)23-13-15-24(16-14-23)20-10-6-5-9-19(20)22-21(26)12-11-18-7-3-2-4-8-18/h2-12H,13-16H2,1H3,(H,22,26)/b12-11+. The first kappa shape index (κ1) is 17.7. The topological polar surface area (TPSA) is 52.7 Å². The second-order valence-electron chi connectivity index (χ2n) is 6.24. The molecule has 0 unspecified atom stereocenters. The highest BCUT2D eigenvalue weighted by atomic mass is 16.2. The lowest BCUT2D eigenvalue weighted by atomic mass is 10.2. The largest absolute Gasteiger partial charge is 0.366 e. The van der Waals surface area contributed by atoms with Gasteiger partial charge in [0.1, 0.15) is 0 Å². The molecular weight excluding hydrogens is 326 g/mol. The average Bonchev–Trinajstić information content (AvgIpc) is 2.68. The Morgan fingerprint density at radius 2 is 1.58 bits per heavy atom. The molecule has 5 heteroatoms. The van der Waals surface area contributed by atoms with E-state index in [2.05, 4.69) is 10.2 Å². The van der Waals surface area contributed by atoms with Gasteiger partial charge in [-0.3, -0.25) is 9.59 Å². The fraction of sp³-hybridized carbons (Fsp3) is 0.238. The van der Waals surface area contributed by atoms with Gasteiger partial charge in [0.05, 0.1) is 11.4 Å². The van der Waals surface area contributed by atoms with Gasteiger partial charge in [-0.05, 0) is 23.8 Å². The molecule has 1 N–H and O–H groups in total. The second kappa shape index (κ2) is 8.34. The van der Waals surface area contributed by atoms with E-state index in [9.17, 15) is 9.59 Å². The van der Waals surface area contributed by atoms with Gasteiger partial charge in [-0.2, -0.15) is 0 Å². The molecule has 0 aromatic heterocycles. The van der Waals surface area contributed by atoms with Crippen molar-refractivity contribution in [1.82, 2.24) is 4.90 Å². The first-order valence-electron chi connectivity index (χ1n) is 8.77. The van der Waals surface area contributed by atoms with Crippen molar-refractivity contribution in [2.75, 3.05) is 36.4 Å². The van der Waals surface area contributed by atoms with Gasteiger partial charge >= 0.3 is 0 Å². The number of para-hydroxylation sites is 2. The van der Waals surface area contributed by atoms with Crippen molar-refractivity contribution in [2.45, 2.75) is 6.92 Å². The monoisotopic (exact) mass is 349 g/mol. The Labute approximate surface area is 153 Å². The molecule has 2 aromatic carbocycles. The zero-order valence-electron chi connectivity index (χ0n) is 14.9. The molecule has 0 radical (unpaired) electrons. The quantitative estimate of drug-likeness (QED) is 0.864. The van der Waals surface area contributed by atoms with Crippen LogP contribution in [0.5, 0.6) is 0 Å². The number of nitrogens with zero attached hydrogens (tertiary/aromatic N) is 2. The summed E-state index contributed by atoms with van der Waals surface area (Å²) in [6, 6.07) is 17.5. The van der Waals surface area contributed by atoms with Crippen molar-refractivity contribution >= 4 is 29.3 Å². The maximum absolute atomic E-state index is 12.3. The third kappa shape index (κ3) is 4.51. The maximum Gasteiger partial charge on any atom is 0.248 e. The summed E-state index contributed by atoms with van der Waals surface area (Å²) in [5.74, 6) is -0.0547. The van der Waals surface area contributed by atoms with Gasteiger partial charge in [0.2, 0.25) is 11.8 Å². The van der Waals surface area contributed by atoms with Gasteiger partial charge in [0, 0.05) is 39.2 Å². The number of piperazine rings is 1. The average molecular weight is 349 g/mol. The van der Waals surface area contributed by atoms with Crippen molar-refractivity contribution in [2.24, 2.45) is 0 Å². The Morgan fingerprint density at radius 3 is 2.27 bits per heavy atom. The van der Waals surface area contributed by atoms with E-state index >= 15 is 0 Å². The number of anilines is 2. The number of carbonyl (C=O) groups excluding carboxylic acids is 2. The Balaban J connectivity index is 1.67. The van der Waals surface area contributed by atoms with E-state index < -0.39 is 0 Å². The summed E-state index contributed by atoms with van der Waals surface area (Å²) in [5.41, 5.74) is 2.75. The highest BCUT2D eigenvalue weighted by Gasteiger charge is 2.20. The molecule has 5 nitrogen and oxygen atoms in total. The fourth-order valence-electron chi connectivity index (χ4n) is 3.03. The number of rotatable bonds is 4. The van der Waals surface area contributed by atoms with Crippen LogP contribution >= 0.6 is 0 Å². The maximum atomic E-state index is 12.3. The molecule has 1 fully saturated rings. The van der Waals surface area contributed by atoms with Crippen LogP contribution in [0.4, 0.5) is 11.4 Å². The van der Waals surface area contributed by atoms with Crippen molar-refractivity contribution in [3.05, 3.63) is 66.2 Å². The van der Waals surface area contributed by atoms with Crippen LogP contribution in [0.25, 0.3) is 6.08 Å². The first-order chi connectivity index (χ1) is 12.6. The summed E-state index contributed by atoms with van der Waals surface area (Å²) in [6.07, 6.45) is 3.34. The Kier molecular flexibility index (Phi) is 5.69. The zero-order chi connectivity index (χ0) is 18.4. The van der Waals surface area contributed by atoms with Crippen molar-refractivity contribution < 1.29 is 9.59 Å². The van der Waals surface area contributed by atoms with Crippen LogP contribution in [-0.2, 0) is 9.59 Å². The zero-order valence-corrected chi connectivity index (χ0v) is 14.9. The SMILES string of the molecule is CC(=O)N1CCN(c2ccccc2NC(=O)/C=C/c2ccccc2)CC1. The summed E-state index contributed by atoms with van der Waals surface area (Å²) in [5, 5.41) is 2.96. The minimum atomic E-state index is -0.163. The molecule has 0 atom stereocenters. The summed E-state index contributed by atoms with van der Waals surface area (Å²) in [6.45, 7) is 4.51. The van der Waals surface area contributed by atoms with E-state index in [4.69, 9.17) is 0 Å². The summed E-state index contributed by atoms with van der Waals surface area (Å²) >= 11 is 0. The molecule has 134 valence electrons. The number of carbonyl (C=O) groups is 2. The van der Waals surface area contributed by atoms with Crippen molar-refractivity contribution in [3.63, 3.8) is 0 Å². The van der Waals surface area contributed by atoms with E-state index in [0.717, 1.165) is 30.0 Å². The predicted octanol–water partition coefficient (Wildman–Crippen LogP) is 3.01. The van der Waals surface area contributed by atoms with E-state index in [1.54, 1.807) is 19.1 Å². The van der Waals surface area contributed by atoms with Crippen LogP contribution in [0.2, 0.25) is 0 Å². The summed E-state index contributed by atoms with van der Waals surface area (Å²) in [7, 11) is 0. The number of hydrogen-bond acceptors (Lipinski definition) is 3. The van der Waals surface area contributed by atoms with Gasteiger partial charge in [-0.15, -0.1) is 0 Å². The van der Waals surface area contributed by atoms with Crippen LogP contribution in [-0.4, -0.2) is 42.9 Å². The van der Waals surface area contributed by atoms with Gasteiger partial charge in [-0.1, -0.05) is 42.5 Å². The van der Waals surface area contributed by atoms with E-state index in [-0.39, 0.29) is 11.8 Å². The minimum absolute atomic E-state index is 0.109. The molecule has 2 amide bonds. The highest BCUT2D eigenvalue weighted by Crippen LogP contribution is 2.26. The lowest BCUT2D eigenvalue weighted by Gasteiger charge is -2.36. The second-order valence-corrected chi connectivity index (χ2v) is 6.24. The molecule has 1 aliphatic heterocycles. The Hall–Kier alpha value is -3.08. The van der Waals surface area contributed by atoms with Gasteiger partial charge < -0.3 is 15.1 Å². The van der Waals surface area contributed by atoms with Crippen molar-refractivity contribution in [3.8, 4) is 0 Å². The number of benzene rings is 2. The third-order valence-electron chi connectivity index (χ3n) is 4.45. The molecule has 1 aliphatic rings. The Morgan fingerprint density at radius 1 is 0.923 bits per heavy atom.